The summed E-state index contributed by atoms with van der Waals surface area (Å²) in [7, 11) is 0. The number of hydrogen-bond donors (Lipinski definition) is 2. The van der Waals surface area contributed by atoms with Crippen LogP contribution in [-0.4, -0.2) is 20.8 Å². The summed E-state index contributed by atoms with van der Waals surface area (Å²) in [4.78, 5) is 31.8. The van der Waals surface area contributed by atoms with Gasteiger partial charge in [-0.05, 0) is 24.3 Å². The SMILES string of the molecule is O=C(NNc1ncnc(Sc2ccccc2)c1[N+](=O)[O-])c1ccccc1Cl. The van der Waals surface area contributed by atoms with E-state index < -0.39 is 10.8 Å². The van der Waals surface area contributed by atoms with Gasteiger partial charge in [0.15, 0.2) is 5.03 Å². The molecule has 0 aliphatic rings. The number of rotatable bonds is 6. The van der Waals surface area contributed by atoms with Crippen molar-refractivity contribution in [2.45, 2.75) is 9.92 Å². The van der Waals surface area contributed by atoms with Gasteiger partial charge in [-0.25, -0.2) is 9.97 Å². The zero-order valence-corrected chi connectivity index (χ0v) is 15.2. The zero-order valence-electron chi connectivity index (χ0n) is 13.6. The Balaban J connectivity index is 1.83. The minimum absolute atomic E-state index is 0.131. The summed E-state index contributed by atoms with van der Waals surface area (Å²) in [5, 5.41) is 11.9. The number of halogens is 1. The van der Waals surface area contributed by atoms with Crippen molar-refractivity contribution in [3.63, 3.8) is 0 Å². The van der Waals surface area contributed by atoms with Crippen molar-refractivity contribution < 1.29 is 9.72 Å². The molecule has 3 rings (SSSR count). The molecule has 1 aromatic heterocycles. The topological polar surface area (TPSA) is 110 Å². The molecule has 0 unspecified atom stereocenters. The molecule has 0 aliphatic carbocycles. The Morgan fingerprint density at radius 3 is 2.48 bits per heavy atom. The fourth-order valence-electron chi connectivity index (χ4n) is 2.12. The van der Waals surface area contributed by atoms with Crippen LogP contribution in [0.1, 0.15) is 10.4 Å². The van der Waals surface area contributed by atoms with Gasteiger partial charge in [0.1, 0.15) is 6.33 Å². The number of nitrogens with zero attached hydrogens (tertiary/aromatic N) is 3. The van der Waals surface area contributed by atoms with Crippen molar-refractivity contribution in [1.82, 2.24) is 15.4 Å². The molecule has 0 fully saturated rings. The first-order valence-corrected chi connectivity index (χ1v) is 8.79. The maximum Gasteiger partial charge on any atom is 0.345 e. The van der Waals surface area contributed by atoms with Crippen molar-refractivity contribution in [3.8, 4) is 0 Å². The third kappa shape index (κ3) is 4.52. The molecule has 0 spiro atoms. The molecule has 1 heterocycles. The van der Waals surface area contributed by atoms with Crippen LogP contribution in [0.25, 0.3) is 0 Å². The second kappa shape index (κ2) is 8.47. The number of hydrazine groups is 1. The molecule has 27 heavy (non-hydrogen) atoms. The largest absolute Gasteiger partial charge is 0.345 e. The normalized spacial score (nSPS) is 10.3. The molecule has 10 heteroatoms. The zero-order chi connectivity index (χ0) is 19.2. The number of nitrogens with one attached hydrogen (secondary N) is 2. The molecule has 3 aromatic rings. The number of anilines is 1. The molecular weight excluding hydrogens is 390 g/mol. The smallest absolute Gasteiger partial charge is 0.276 e. The molecule has 0 atom stereocenters. The number of carbonyl (C=O) groups excluding carboxylic acids is 1. The van der Waals surface area contributed by atoms with Gasteiger partial charge in [-0.15, -0.1) is 0 Å². The maximum atomic E-state index is 12.2. The lowest BCUT2D eigenvalue weighted by Crippen LogP contribution is -2.30. The first-order chi connectivity index (χ1) is 13.1. The Morgan fingerprint density at radius 2 is 1.78 bits per heavy atom. The quantitative estimate of drug-likeness (QED) is 0.365. The van der Waals surface area contributed by atoms with Crippen LogP contribution in [0.2, 0.25) is 5.02 Å². The van der Waals surface area contributed by atoms with E-state index in [-0.39, 0.29) is 27.1 Å². The molecule has 2 N–H and O–H groups in total. The molecule has 2 aromatic carbocycles. The highest BCUT2D eigenvalue weighted by atomic mass is 35.5. The van der Waals surface area contributed by atoms with Gasteiger partial charge in [-0.3, -0.25) is 25.8 Å². The average Bonchev–Trinajstić information content (AvgIpc) is 2.67. The predicted molar refractivity (Wildman–Crippen MR) is 102 cm³/mol. The van der Waals surface area contributed by atoms with E-state index in [0.29, 0.717) is 0 Å². The maximum absolute atomic E-state index is 12.2. The van der Waals surface area contributed by atoms with Crippen molar-refractivity contribution in [3.05, 3.63) is 81.6 Å². The summed E-state index contributed by atoms with van der Waals surface area (Å²) in [5.74, 6) is -0.681. The standard InChI is InChI=1S/C17H12ClN5O3S/c18-13-9-5-4-8-12(13)16(24)22-21-15-14(23(25)26)17(20-10-19-15)27-11-6-2-1-3-7-11/h1-10H,(H,22,24)(H,19,20,21). The molecule has 0 bridgehead atoms. The van der Waals surface area contributed by atoms with E-state index in [1.165, 1.54) is 12.4 Å². The van der Waals surface area contributed by atoms with Crippen LogP contribution in [0, 0.1) is 10.1 Å². The van der Waals surface area contributed by atoms with Crippen LogP contribution in [0.15, 0.2) is 70.8 Å². The molecule has 8 nitrogen and oxygen atoms in total. The fraction of sp³-hybridized carbons (Fsp3) is 0. The highest BCUT2D eigenvalue weighted by molar-refractivity contribution is 7.99. The predicted octanol–water partition coefficient (Wildman–Crippen LogP) is 3.95. The van der Waals surface area contributed by atoms with E-state index in [1.54, 1.807) is 18.2 Å². The summed E-state index contributed by atoms with van der Waals surface area (Å²) in [6.45, 7) is 0. The van der Waals surface area contributed by atoms with E-state index in [9.17, 15) is 14.9 Å². The number of hydrogen-bond acceptors (Lipinski definition) is 7. The molecule has 0 radical (unpaired) electrons. The van der Waals surface area contributed by atoms with Crippen LogP contribution in [-0.2, 0) is 0 Å². The van der Waals surface area contributed by atoms with Gasteiger partial charge >= 0.3 is 5.69 Å². The van der Waals surface area contributed by atoms with Gasteiger partial charge in [0.25, 0.3) is 5.91 Å². The van der Waals surface area contributed by atoms with Crippen LogP contribution in [0.4, 0.5) is 11.5 Å². The molecule has 136 valence electrons. The van der Waals surface area contributed by atoms with Gasteiger partial charge in [0.05, 0.1) is 15.5 Å². The number of aromatic nitrogens is 2. The minimum atomic E-state index is -0.602. The second-order valence-electron chi connectivity index (χ2n) is 5.11. The third-order valence-corrected chi connectivity index (χ3v) is 4.67. The number of benzene rings is 2. The van der Waals surface area contributed by atoms with Gasteiger partial charge in [-0.1, -0.05) is 53.7 Å². The monoisotopic (exact) mass is 401 g/mol. The number of carbonyl (C=O) groups is 1. The van der Waals surface area contributed by atoms with E-state index in [1.807, 2.05) is 30.3 Å². The second-order valence-corrected chi connectivity index (χ2v) is 6.58. The summed E-state index contributed by atoms with van der Waals surface area (Å²) < 4.78 is 0. The highest BCUT2D eigenvalue weighted by Gasteiger charge is 2.24. The summed E-state index contributed by atoms with van der Waals surface area (Å²) in [5.41, 5.74) is 4.73. The van der Waals surface area contributed by atoms with Crippen LogP contribution >= 0.6 is 23.4 Å². The lowest BCUT2D eigenvalue weighted by atomic mass is 10.2. The summed E-state index contributed by atoms with van der Waals surface area (Å²) in [6, 6.07) is 15.5. The molecule has 0 aliphatic heterocycles. The molecule has 0 saturated carbocycles. The Labute approximate surface area is 163 Å². The van der Waals surface area contributed by atoms with Gasteiger partial charge in [0.2, 0.25) is 5.82 Å². The fourth-order valence-corrected chi connectivity index (χ4v) is 3.23. The lowest BCUT2D eigenvalue weighted by Gasteiger charge is -2.10. The third-order valence-electron chi connectivity index (χ3n) is 3.34. The lowest BCUT2D eigenvalue weighted by molar-refractivity contribution is -0.387. The van der Waals surface area contributed by atoms with Crippen molar-refractivity contribution in [2.75, 3.05) is 5.43 Å². The number of amides is 1. The highest BCUT2D eigenvalue weighted by Crippen LogP contribution is 2.36. The van der Waals surface area contributed by atoms with Crippen LogP contribution in [0.5, 0.6) is 0 Å². The minimum Gasteiger partial charge on any atom is -0.276 e. The Kier molecular flexibility index (Phi) is 5.84. The Hall–Kier alpha value is -3.17. The van der Waals surface area contributed by atoms with Crippen molar-refractivity contribution in [2.24, 2.45) is 0 Å². The van der Waals surface area contributed by atoms with Crippen LogP contribution in [0.3, 0.4) is 0 Å². The Bertz CT molecular complexity index is 987. The van der Waals surface area contributed by atoms with Crippen molar-refractivity contribution >= 4 is 40.8 Å². The van der Waals surface area contributed by atoms with Crippen LogP contribution < -0.4 is 10.9 Å². The average molecular weight is 402 g/mol. The Morgan fingerprint density at radius 1 is 1.07 bits per heavy atom. The summed E-state index contributed by atoms with van der Waals surface area (Å²) in [6.07, 6.45) is 1.18. The van der Waals surface area contributed by atoms with Gasteiger partial charge in [-0.2, -0.15) is 0 Å². The molecular formula is C17H12ClN5O3S. The first kappa shape index (κ1) is 18.6. The molecule has 0 saturated heterocycles. The van der Waals surface area contributed by atoms with E-state index >= 15 is 0 Å². The van der Waals surface area contributed by atoms with Gasteiger partial charge in [0, 0.05) is 4.90 Å². The first-order valence-electron chi connectivity index (χ1n) is 7.59. The number of nitro groups is 1. The van der Waals surface area contributed by atoms with E-state index in [2.05, 4.69) is 20.8 Å². The van der Waals surface area contributed by atoms with E-state index in [4.69, 9.17) is 11.6 Å². The van der Waals surface area contributed by atoms with E-state index in [0.717, 1.165) is 16.7 Å². The van der Waals surface area contributed by atoms with Gasteiger partial charge < -0.3 is 0 Å². The summed E-state index contributed by atoms with van der Waals surface area (Å²) >= 11 is 7.10. The van der Waals surface area contributed by atoms with Crippen molar-refractivity contribution in [1.29, 1.82) is 0 Å². The molecule has 1 amide bonds.